The Labute approximate surface area is 223 Å². The number of halogens is 3. The zero-order chi connectivity index (χ0) is 28.0. The summed E-state index contributed by atoms with van der Waals surface area (Å²) >= 11 is 0. The number of nitrogens with zero attached hydrogens (tertiary/aromatic N) is 1. The summed E-state index contributed by atoms with van der Waals surface area (Å²) in [6.45, 7) is 1.13. The van der Waals surface area contributed by atoms with Gasteiger partial charge in [-0.15, -0.1) is 0 Å². The number of rotatable bonds is 8. The molecular weight excluding hydrogens is 513 g/mol. The van der Waals surface area contributed by atoms with E-state index in [2.05, 4.69) is 10.2 Å². The molecule has 5 N–H and O–H groups in total. The molecule has 0 saturated carbocycles. The lowest BCUT2D eigenvalue weighted by Gasteiger charge is -2.35. The molecule has 0 radical (unpaired) electrons. The van der Waals surface area contributed by atoms with Crippen molar-refractivity contribution in [3.8, 4) is 11.1 Å². The molecule has 11 heteroatoms. The second-order valence-corrected chi connectivity index (χ2v) is 9.13. The summed E-state index contributed by atoms with van der Waals surface area (Å²) in [5.74, 6) is 4.16. The molecule has 0 bridgehead atoms. The molecule has 0 aromatic heterocycles. The molecule has 0 aliphatic carbocycles. The lowest BCUT2D eigenvalue weighted by atomic mass is 10.0. The van der Waals surface area contributed by atoms with Gasteiger partial charge in [0.25, 0.3) is 11.8 Å². The van der Waals surface area contributed by atoms with Crippen LogP contribution in [0.15, 0.2) is 78.9 Å². The summed E-state index contributed by atoms with van der Waals surface area (Å²) < 4.78 is 44.7. The van der Waals surface area contributed by atoms with Crippen molar-refractivity contribution in [1.82, 2.24) is 10.2 Å². The lowest BCUT2D eigenvalue weighted by Crippen LogP contribution is -2.53. The maximum absolute atomic E-state index is 13.3. The largest absolute Gasteiger partial charge is 0.418 e. The van der Waals surface area contributed by atoms with Crippen LogP contribution in [0.2, 0.25) is 0 Å². The minimum absolute atomic E-state index is 0.107. The fourth-order valence-electron chi connectivity index (χ4n) is 4.40. The van der Waals surface area contributed by atoms with E-state index in [9.17, 15) is 22.8 Å². The van der Waals surface area contributed by atoms with Gasteiger partial charge in [0.05, 0.1) is 25.3 Å². The summed E-state index contributed by atoms with van der Waals surface area (Å²) in [7, 11) is 0. The van der Waals surface area contributed by atoms with Gasteiger partial charge in [-0.2, -0.15) is 13.2 Å². The Balaban J connectivity index is 1.38. The number of hydrogen-bond donors (Lipinski definition) is 3. The van der Waals surface area contributed by atoms with Crippen molar-refractivity contribution < 1.29 is 32.3 Å². The molecule has 3 aromatic carbocycles. The normalized spacial score (nSPS) is 17.4. The van der Waals surface area contributed by atoms with E-state index >= 15 is 0 Å². The molecule has 3 aromatic rings. The number of carbonyl (C=O) groups excluding carboxylic acids is 2. The van der Waals surface area contributed by atoms with Crippen LogP contribution in [0, 0.1) is 0 Å². The first-order valence-electron chi connectivity index (χ1n) is 12.3. The fourth-order valence-corrected chi connectivity index (χ4v) is 4.40. The molecule has 2 unspecified atom stereocenters. The SMILES string of the molecule is NOC([C@H](N)c1ccc(C(=O)NCC2COCCN2C(=O)c2ccc(-c3ccccc3)cc2)cc1)C(F)(F)F. The van der Waals surface area contributed by atoms with E-state index in [1.807, 2.05) is 42.5 Å². The third-order valence-electron chi connectivity index (χ3n) is 6.58. The molecule has 3 atom stereocenters. The predicted molar refractivity (Wildman–Crippen MR) is 138 cm³/mol. The zero-order valence-electron chi connectivity index (χ0n) is 20.9. The van der Waals surface area contributed by atoms with Crippen LogP contribution < -0.4 is 16.9 Å². The summed E-state index contributed by atoms with van der Waals surface area (Å²) in [6, 6.07) is 20.6. The fraction of sp³-hybridized carbons (Fsp3) is 0.286. The summed E-state index contributed by atoms with van der Waals surface area (Å²) in [5, 5.41) is 2.77. The smallest absolute Gasteiger partial charge is 0.377 e. The molecule has 1 aliphatic heterocycles. The Morgan fingerprint density at radius 2 is 1.59 bits per heavy atom. The molecule has 1 saturated heterocycles. The van der Waals surface area contributed by atoms with E-state index in [4.69, 9.17) is 16.4 Å². The number of morpholine rings is 1. The van der Waals surface area contributed by atoms with Gasteiger partial charge in [-0.25, -0.2) is 5.90 Å². The molecule has 0 spiro atoms. The van der Waals surface area contributed by atoms with Gasteiger partial charge in [-0.1, -0.05) is 54.6 Å². The van der Waals surface area contributed by atoms with Gasteiger partial charge >= 0.3 is 6.18 Å². The average Bonchev–Trinajstić information content (AvgIpc) is 2.96. The Kier molecular flexibility index (Phi) is 8.97. The van der Waals surface area contributed by atoms with Gasteiger partial charge in [0.15, 0.2) is 6.10 Å². The molecule has 39 heavy (non-hydrogen) atoms. The topological polar surface area (TPSA) is 120 Å². The van der Waals surface area contributed by atoms with Gasteiger partial charge in [0.1, 0.15) is 0 Å². The van der Waals surface area contributed by atoms with Gasteiger partial charge < -0.3 is 20.7 Å². The first-order valence-corrected chi connectivity index (χ1v) is 12.3. The molecule has 2 amide bonds. The minimum Gasteiger partial charge on any atom is -0.377 e. The van der Waals surface area contributed by atoms with Crippen LogP contribution in [0.5, 0.6) is 0 Å². The molecular formula is C28H29F3N4O4. The van der Waals surface area contributed by atoms with Crippen molar-refractivity contribution in [2.75, 3.05) is 26.3 Å². The van der Waals surface area contributed by atoms with Gasteiger partial charge in [-0.3, -0.25) is 14.4 Å². The number of alkyl halides is 3. The molecule has 4 rings (SSSR count). The Bertz CT molecular complexity index is 1250. The highest BCUT2D eigenvalue weighted by Gasteiger charge is 2.45. The van der Waals surface area contributed by atoms with E-state index in [1.165, 1.54) is 24.3 Å². The number of amides is 2. The molecule has 8 nitrogen and oxygen atoms in total. The number of carbonyl (C=O) groups is 2. The van der Waals surface area contributed by atoms with Crippen LogP contribution in [0.1, 0.15) is 32.3 Å². The lowest BCUT2D eigenvalue weighted by molar-refractivity contribution is -0.228. The number of hydrogen-bond acceptors (Lipinski definition) is 6. The van der Waals surface area contributed by atoms with E-state index in [0.717, 1.165) is 11.1 Å². The average molecular weight is 543 g/mol. The molecule has 1 heterocycles. The van der Waals surface area contributed by atoms with Crippen molar-refractivity contribution in [3.05, 3.63) is 95.6 Å². The Morgan fingerprint density at radius 1 is 0.974 bits per heavy atom. The standard InChI is InChI=1S/C28H29F3N4O4/c29-28(30,31)25(39-33)24(32)20-8-10-21(11-9-20)26(36)34-16-23-17-38-15-14-35(23)27(37)22-12-6-19(7-13-22)18-4-2-1-3-5-18/h1-13,23-25H,14-17,32-33H2,(H,34,36)/t23?,24-,25?/m1/s1. The molecule has 206 valence electrons. The number of ether oxygens (including phenoxy) is 1. The monoisotopic (exact) mass is 542 g/mol. The predicted octanol–water partition coefficient (Wildman–Crippen LogP) is 3.45. The van der Waals surface area contributed by atoms with Crippen molar-refractivity contribution in [1.29, 1.82) is 0 Å². The minimum atomic E-state index is -4.75. The van der Waals surface area contributed by atoms with Crippen LogP contribution in [0.25, 0.3) is 11.1 Å². The maximum atomic E-state index is 13.3. The van der Waals surface area contributed by atoms with E-state index in [-0.39, 0.29) is 30.2 Å². The zero-order valence-corrected chi connectivity index (χ0v) is 20.9. The van der Waals surface area contributed by atoms with Crippen LogP contribution >= 0.6 is 0 Å². The van der Waals surface area contributed by atoms with Gasteiger partial charge in [0, 0.05) is 24.2 Å². The summed E-state index contributed by atoms with van der Waals surface area (Å²) in [6.07, 6.45) is -7.14. The highest BCUT2D eigenvalue weighted by atomic mass is 19.4. The van der Waals surface area contributed by atoms with Crippen LogP contribution in [-0.2, 0) is 9.57 Å². The first kappa shape index (κ1) is 28.2. The van der Waals surface area contributed by atoms with E-state index < -0.39 is 30.3 Å². The van der Waals surface area contributed by atoms with Gasteiger partial charge in [-0.05, 0) is 41.0 Å². The van der Waals surface area contributed by atoms with Crippen LogP contribution in [0.4, 0.5) is 13.2 Å². The number of nitrogens with one attached hydrogen (secondary N) is 1. The van der Waals surface area contributed by atoms with E-state index in [0.29, 0.717) is 18.7 Å². The molecule has 1 fully saturated rings. The van der Waals surface area contributed by atoms with Crippen molar-refractivity contribution in [3.63, 3.8) is 0 Å². The van der Waals surface area contributed by atoms with Crippen molar-refractivity contribution >= 4 is 11.8 Å². The summed E-state index contributed by atoms with van der Waals surface area (Å²) in [4.78, 5) is 31.7. The van der Waals surface area contributed by atoms with Crippen LogP contribution in [-0.4, -0.2) is 61.3 Å². The first-order chi connectivity index (χ1) is 18.7. The van der Waals surface area contributed by atoms with Crippen molar-refractivity contribution in [2.45, 2.75) is 24.4 Å². The number of nitrogens with two attached hydrogens (primary N) is 2. The third-order valence-corrected chi connectivity index (χ3v) is 6.58. The quantitative estimate of drug-likeness (QED) is 0.375. The van der Waals surface area contributed by atoms with Crippen molar-refractivity contribution in [2.24, 2.45) is 11.6 Å². The van der Waals surface area contributed by atoms with Crippen LogP contribution in [0.3, 0.4) is 0 Å². The van der Waals surface area contributed by atoms with Gasteiger partial charge in [0.2, 0.25) is 0 Å². The Morgan fingerprint density at radius 3 is 2.21 bits per heavy atom. The second kappa shape index (κ2) is 12.4. The maximum Gasteiger partial charge on any atom is 0.418 e. The number of benzene rings is 3. The second-order valence-electron chi connectivity index (χ2n) is 9.13. The highest BCUT2D eigenvalue weighted by molar-refractivity contribution is 5.96. The third kappa shape index (κ3) is 6.82. The molecule has 1 aliphatic rings. The Hall–Kier alpha value is -3.77. The summed E-state index contributed by atoms with van der Waals surface area (Å²) in [5.41, 5.74) is 8.56. The highest BCUT2D eigenvalue weighted by Crippen LogP contribution is 2.30. The van der Waals surface area contributed by atoms with E-state index in [1.54, 1.807) is 17.0 Å².